The smallest absolute Gasteiger partial charge is 0.0702 e. The van der Waals surface area contributed by atoms with Crippen molar-refractivity contribution < 1.29 is 4.74 Å². The molecule has 2 heterocycles. The lowest BCUT2D eigenvalue weighted by atomic mass is 9.93. The zero-order chi connectivity index (χ0) is 12.6. The maximum absolute atomic E-state index is 5.73. The Morgan fingerprint density at radius 2 is 2.06 bits per heavy atom. The SMILES string of the molecule is CCN(CCCC1CCNCC1)CC1CCCO1. The second-order valence-corrected chi connectivity index (χ2v) is 5.86. The van der Waals surface area contributed by atoms with Crippen molar-refractivity contribution in [2.24, 2.45) is 5.92 Å². The molecule has 1 unspecified atom stereocenters. The third kappa shape index (κ3) is 4.87. The van der Waals surface area contributed by atoms with Gasteiger partial charge in [0.1, 0.15) is 0 Å². The molecule has 0 saturated carbocycles. The Labute approximate surface area is 112 Å². The molecule has 106 valence electrons. The lowest BCUT2D eigenvalue weighted by Crippen LogP contribution is -2.33. The zero-order valence-corrected chi connectivity index (χ0v) is 12.0. The van der Waals surface area contributed by atoms with E-state index in [9.17, 15) is 0 Å². The molecule has 0 aliphatic carbocycles. The van der Waals surface area contributed by atoms with Crippen LogP contribution in [-0.4, -0.2) is 50.3 Å². The maximum atomic E-state index is 5.73. The Balaban J connectivity index is 1.57. The monoisotopic (exact) mass is 254 g/mol. The van der Waals surface area contributed by atoms with Crippen LogP contribution in [0.15, 0.2) is 0 Å². The van der Waals surface area contributed by atoms with Crippen LogP contribution in [-0.2, 0) is 4.74 Å². The molecule has 1 atom stereocenters. The zero-order valence-electron chi connectivity index (χ0n) is 12.0. The van der Waals surface area contributed by atoms with Gasteiger partial charge in [-0.2, -0.15) is 0 Å². The van der Waals surface area contributed by atoms with Crippen molar-refractivity contribution in [3.8, 4) is 0 Å². The van der Waals surface area contributed by atoms with Crippen LogP contribution in [0.3, 0.4) is 0 Å². The largest absolute Gasteiger partial charge is 0.377 e. The molecule has 2 aliphatic rings. The third-order valence-corrected chi connectivity index (χ3v) is 4.48. The predicted molar refractivity (Wildman–Crippen MR) is 75.9 cm³/mol. The molecule has 2 rings (SSSR count). The molecule has 0 aromatic heterocycles. The van der Waals surface area contributed by atoms with Crippen LogP contribution in [0.2, 0.25) is 0 Å². The first kappa shape index (κ1) is 14.3. The second-order valence-electron chi connectivity index (χ2n) is 5.86. The fourth-order valence-electron chi connectivity index (χ4n) is 3.23. The molecule has 0 spiro atoms. The standard InChI is InChI=1S/C15H30N2O/c1-2-17(13-15-6-4-12-18-15)11-3-5-14-7-9-16-10-8-14/h14-16H,2-13H2,1H3. The van der Waals surface area contributed by atoms with E-state index in [2.05, 4.69) is 17.1 Å². The van der Waals surface area contributed by atoms with Crippen molar-refractivity contribution in [1.29, 1.82) is 0 Å². The summed E-state index contributed by atoms with van der Waals surface area (Å²) in [6.45, 7) is 9.32. The summed E-state index contributed by atoms with van der Waals surface area (Å²) in [5, 5.41) is 3.45. The van der Waals surface area contributed by atoms with E-state index in [1.165, 1.54) is 64.7 Å². The van der Waals surface area contributed by atoms with E-state index in [0.29, 0.717) is 6.10 Å². The van der Waals surface area contributed by atoms with Gasteiger partial charge in [-0.25, -0.2) is 0 Å². The Morgan fingerprint density at radius 3 is 2.72 bits per heavy atom. The first-order valence-corrected chi connectivity index (χ1v) is 7.93. The number of piperidine rings is 1. The summed E-state index contributed by atoms with van der Waals surface area (Å²) in [4.78, 5) is 2.58. The Morgan fingerprint density at radius 1 is 1.22 bits per heavy atom. The van der Waals surface area contributed by atoms with Gasteiger partial charge in [-0.1, -0.05) is 6.92 Å². The van der Waals surface area contributed by atoms with E-state index in [1.807, 2.05) is 0 Å². The average Bonchev–Trinajstić information content (AvgIpc) is 2.92. The van der Waals surface area contributed by atoms with Crippen LogP contribution in [0.1, 0.15) is 45.4 Å². The topological polar surface area (TPSA) is 24.5 Å². The highest BCUT2D eigenvalue weighted by atomic mass is 16.5. The van der Waals surface area contributed by atoms with E-state index in [-0.39, 0.29) is 0 Å². The van der Waals surface area contributed by atoms with Gasteiger partial charge in [0.2, 0.25) is 0 Å². The summed E-state index contributed by atoms with van der Waals surface area (Å²) >= 11 is 0. The summed E-state index contributed by atoms with van der Waals surface area (Å²) in [7, 11) is 0. The van der Waals surface area contributed by atoms with E-state index in [1.54, 1.807) is 0 Å². The van der Waals surface area contributed by atoms with Crippen LogP contribution in [0, 0.1) is 5.92 Å². The summed E-state index contributed by atoms with van der Waals surface area (Å²) in [6.07, 6.45) is 8.61. The van der Waals surface area contributed by atoms with Gasteiger partial charge in [-0.3, -0.25) is 0 Å². The second kappa shape index (κ2) is 8.13. The summed E-state index contributed by atoms with van der Waals surface area (Å²) < 4.78 is 5.73. The minimum absolute atomic E-state index is 0.517. The van der Waals surface area contributed by atoms with Crippen molar-refractivity contribution >= 4 is 0 Å². The highest BCUT2D eigenvalue weighted by molar-refractivity contribution is 4.72. The fourth-order valence-corrected chi connectivity index (χ4v) is 3.23. The molecule has 0 aromatic rings. The van der Waals surface area contributed by atoms with Gasteiger partial charge in [0.05, 0.1) is 6.10 Å². The maximum Gasteiger partial charge on any atom is 0.0702 e. The van der Waals surface area contributed by atoms with Crippen LogP contribution in [0.5, 0.6) is 0 Å². The number of hydrogen-bond donors (Lipinski definition) is 1. The van der Waals surface area contributed by atoms with Crippen molar-refractivity contribution in [3.63, 3.8) is 0 Å². The fraction of sp³-hybridized carbons (Fsp3) is 1.00. The van der Waals surface area contributed by atoms with Crippen LogP contribution >= 0.6 is 0 Å². The number of nitrogens with one attached hydrogen (secondary N) is 1. The summed E-state index contributed by atoms with van der Waals surface area (Å²) in [6, 6.07) is 0. The quantitative estimate of drug-likeness (QED) is 0.754. The van der Waals surface area contributed by atoms with Gasteiger partial charge in [0.25, 0.3) is 0 Å². The minimum atomic E-state index is 0.517. The van der Waals surface area contributed by atoms with Gasteiger partial charge < -0.3 is 15.0 Å². The molecule has 2 aliphatic heterocycles. The van der Waals surface area contributed by atoms with Crippen LogP contribution < -0.4 is 5.32 Å². The highest BCUT2D eigenvalue weighted by Crippen LogP contribution is 2.18. The van der Waals surface area contributed by atoms with Crippen molar-refractivity contribution in [2.45, 2.75) is 51.6 Å². The van der Waals surface area contributed by atoms with Crippen molar-refractivity contribution in [1.82, 2.24) is 10.2 Å². The summed E-state index contributed by atoms with van der Waals surface area (Å²) in [5.41, 5.74) is 0. The minimum Gasteiger partial charge on any atom is -0.377 e. The molecule has 3 nitrogen and oxygen atoms in total. The molecule has 2 saturated heterocycles. The molecular weight excluding hydrogens is 224 g/mol. The lowest BCUT2D eigenvalue weighted by Gasteiger charge is -2.26. The number of rotatable bonds is 7. The average molecular weight is 254 g/mol. The lowest BCUT2D eigenvalue weighted by molar-refractivity contribution is 0.0737. The van der Waals surface area contributed by atoms with Gasteiger partial charge in [0.15, 0.2) is 0 Å². The molecule has 0 radical (unpaired) electrons. The first-order chi connectivity index (χ1) is 8.88. The van der Waals surface area contributed by atoms with Gasteiger partial charge in [-0.15, -0.1) is 0 Å². The number of ether oxygens (including phenoxy) is 1. The molecule has 3 heteroatoms. The Kier molecular flexibility index (Phi) is 6.46. The predicted octanol–water partition coefficient (Wildman–Crippen LogP) is 2.27. The molecule has 0 aromatic carbocycles. The molecule has 18 heavy (non-hydrogen) atoms. The number of likely N-dealkylation sites (N-methyl/N-ethyl adjacent to an activating group) is 1. The molecule has 0 amide bonds. The first-order valence-electron chi connectivity index (χ1n) is 7.93. The Bertz CT molecular complexity index is 211. The van der Waals surface area contributed by atoms with Crippen molar-refractivity contribution in [3.05, 3.63) is 0 Å². The van der Waals surface area contributed by atoms with E-state index in [0.717, 1.165) is 19.1 Å². The summed E-state index contributed by atoms with van der Waals surface area (Å²) in [5.74, 6) is 0.979. The van der Waals surface area contributed by atoms with E-state index < -0.39 is 0 Å². The van der Waals surface area contributed by atoms with E-state index >= 15 is 0 Å². The Hall–Kier alpha value is -0.120. The third-order valence-electron chi connectivity index (χ3n) is 4.48. The normalized spacial score (nSPS) is 26.0. The van der Waals surface area contributed by atoms with E-state index in [4.69, 9.17) is 4.74 Å². The van der Waals surface area contributed by atoms with Gasteiger partial charge in [-0.05, 0) is 70.6 Å². The van der Waals surface area contributed by atoms with Gasteiger partial charge in [0, 0.05) is 13.2 Å². The van der Waals surface area contributed by atoms with Gasteiger partial charge >= 0.3 is 0 Å². The number of hydrogen-bond acceptors (Lipinski definition) is 3. The number of nitrogens with zero attached hydrogens (tertiary/aromatic N) is 1. The molecular formula is C15H30N2O. The molecule has 1 N–H and O–H groups in total. The molecule has 0 bridgehead atoms. The molecule has 2 fully saturated rings. The highest BCUT2D eigenvalue weighted by Gasteiger charge is 2.18. The van der Waals surface area contributed by atoms with Crippen LogP contribution in [0.4, 0.5) is 0 Å². The van der Waals surface area contributed by atoms with Crippen molar-refractivity contribution in [2.75, 3.05) is 39.3 Å². The van der Waals surface area contributed by atoms with Crippen LogP contribution in [0.25, 0.3) is 0 Å².